The first kappa shape index (κ1) is 41.7. The molecule has 3 aliphatic rings. The van der Waals surface area contributed by atoms with Gasteiger partial charge >= 0.3 is 0 Å². The van der Waals surface area contributed by atoms with Gasteiger partial charge in [-0.05, 0) is 140 Å². The maximum atomic E-state index is 6.58. The topological polar surface area (TPSA) is 24.9 Å². The summed E-state index contributed by atoms with van der Waals surface area (Å²) in [6.07, 6.45) is 0.856. The molecule has 0 atom stereocenters. The van der Waals surface area contributed by atoms with Crippen LogP contribution in [0.3, 0.4) is 0 Å². The van der Waals surface area contributed by atoms with Crippen molar-refractivity contribution in [2.24, 2.45) is 0 Å². The average molecular weight is 829 g/mol. The Labute approximate surface area is 370 Å². The Bertz CT molecular complexity index is 2740. The molecule has 0 radical (unpaired) electrons. The lowest BCUT2D eigenvalue weighted by molar-refractivity contribution is 0.297. The van der Waals surface area contributed by atoms with E-state index in [0.29, 0.717) is 13.2 Å². The van der Waals surface area contributed by atoms with Gasteiger partial charge in [-0.3, -0.25) is 0 Å². The monoisotopic (exact) mass is 828 g/mol. The van der Waals surface area contributed by atoms with E-state index in [4.69, 9.17) is 9.47 Å². The smallest absolute Gasteiger partial charge is 0.254 e. The summed E-state index contributed by atoms with van der Waals surface area (Å²) >= 11 is 1.94. The minimum Gasteiger partial charge on any atom is -0.490 e. The fourth-order valence-corrected chi connectivity index (χ4v) is 11.3. The quantitative estimate of drug-likeness (QED) is 0.162. The van der Waals surface area contributed by atoms with Crippen molar-refractivity contribution >= 4 is 78.0 Å². The van der Waals surface area contributed by atoms with Gasteiger partial charge in [0, 0.05) is 34.2 Å². The molecule has 61 heavy (non-hydrogen) atoms. The first-order chi connectivity index (χ1) is 28.4. The molecule has 0 amide bonds. The summed E-state index contributed by atoms with van der Waals surface area (Å²) in [6, 6.07) is 26.7. The zero-order chi connectivity index (χ0) is 43.9. The number of thiophene rings is 1. The lowest BCUT2D eigenvalue weighted by Crippen LogP contribution is -2.61. The maximum absolute atomic E-state index is 6.58. The minimum absolute atomic E-state index is 0.00392. The van der Waals surface area contributed by atoms with Gasteiger partial charge in [-0.25, -0.2) is 0 Å². The summed E-state index contributed by atoms with van der Waals surface area (Å²) < 4.78 is 14.4. The fraction of sp³-hybridized carbons (Fsp3) is 0.418. The van der Waals surface area contributed by atoms with Gasteiger partial charge in [0.2, 0.25) is 0 Å². The molecular formula is C55H65BN2O2S. The van der Waals surface area contributed by atoms with Crippen LogP contribution in [0.1, 0.15) is 134 Å². The van der Waals surface area contributed by atoms with E-state index in [2.05, 4.69) is 187 Å². The second-order valence-corrected chi connectivity index (χ2v) is 23.4. The molecule has 0 bridgehead atoms. The van der Waals surface area contributed by atoms with Gasteiger partial charge in [-0.1, -0.05) is 119 Å². The van der Waals surface area contributed by atoms with Gasteiger partial charge in [0.05, 0.1) is 29.6 Å². The SMILES string of the molecule is Cc1cc(C(C)(C)C)cc(C)c1N1c2cc3c(cc2B2c4c1cc(C(C)(C)C)cc4N(c1c(C)cc(C(C)(C)C)cc1C)c1sc4ccc(C(C)(C)C)cc4c12)OCCCO3. The van der Waals surface area contributed by atoms with E-state index in [1.807, 2.05) is 11.3 Å². The number of ether oxygens (including phenoxy) is 2. The zero-order valence-electron chi connectivity index (χ0n) is 39.7. The highest BCUT2D eigenvalue weighted by Gasteiger charge is 2.47. The van der Waals surface area contributed by atoms with Crippen molar-refractivity contribution in [1.29, 1.82) is 0 Å². The lowest BCUT2D eigenvalue weighted by Gasteiger charge is -2.45. The minimum atomic E-state index is -0.119. The predicted molar refractivity (Wildman–Crippen MR) is 265 cm³/mol. The van der Waals surface area contributed by atoms with Gasteiger partial charge in [0.15, 0.2) is 11.5 Å². The molecule has 0 saturated carbocycles. The van der Waals surface area contributed by atoms with Crippen molar-refractivity contribution in [3.63, 3.8) is 0 Å². The Morgan fingerprint density at radius 3 is 1.46 bits per heavy atom. The molecule has 3 aliphatic heterocycles. The summed E-state index contributed by atoms with van der Waals surface area (Å²) in [5, 5.41) is 2.65. The van der Waals surface area contributed by atoms with Crippen LogP contribution in [0.2, 0.25) is 0 Å². The second kappa shape index (κ2) is 13.9. The highest BCUT2D eigenvalue weighted by Crippen LogP contribution is 2.53. The molecule has 0 aliphatic carbocycles. The predicted octanol–water partition coefficient (Wildman–Crippen LogP) is 13.6. The number of anilines is 6. The third kappa shape index (κ3) is 6.78. The first-order valence-electron chi connectivity index (χ1n) is 22.5. The standard InChI is InChI=1S/C55H65BN2O2S/c1-31-22-36(53(8,9)10)23-32(2)49(31)57-41-30-45-44(59-20-17-21-60-45)29-40(41)56-47-39-26-35(52(5,6)7)18-19-46(39)61-51(47)58(43-28-38(55(14,15)16)27-42(57)48(43)56)50-33(3)24-37(25-34(50)4)54(11,12)13/h18-19,22-30H,17,20-21H2,1-16H3. The maximum Gasteiger partial charge on any atom is 0.254 e. The zero-order valence-corrected chi connectivity index (χ0v) is 40.5. The molecule has 0 unspecified atom stereocenters. The van der Waals surface area contributed by atoms with E-state index in [1.54, 1.807) is 0 Å². The Hall–Kier alpha value is -4.68. The van der Waals surface area contributed by atoms with E-state index >= 15 is 0 Å². The van der Waals surface area contributed by atoms with Crippen molar-refractivity contribution in [3.05, 3.63) is 111 Å². The number of nitrogens with zero attached hydrogens (tertiary/aromatic N) is 2. The Kier molecular flexibility index (Phi) is 9.50. The van der Waals surface area contributed by atoms with Crippen molar-refractivity contribution in [2.75, 3.05) is 23.0 Å². The summed E-state index contributed by atoms with van der Waals surface area (Å²) in [4.78, 5) is 5.28. The van der Waals surface area contributed by atoms with Crippen molar-refractivity contribution in [1.82, 2.24) is 0 Å². The third-order valence-corrected chi connectivity index (χ3v) is 14.6. The van der Waals surface area contributed by atoms with Crippen molar-refractivity contribution < 1.29 is 9.47 Å². The highest BCUT2D eigenvalue weighted by atomic mass is 32.1. The van der Waals surface area contributed by atoms with Crippen molar-refractivity contribution in [3.8, 4) is 11.5 Å². The number of benzene rings is 5. The second-order valence-electron chi connectivity index (χ2n) is 22.4. The number of rotatable bonds is 2. The summed E-state index contributed by atoms with van der Waals surface area (Å²) in [6.45, 7) is 38.5. The summed E-state index contributed by atoms with van der Waals surface area (Å²) in [7, 11) is 0. The lowest BCUT2D eigenvalue weighted by atomic mass is 9.33. The molecule has 9 rings (SSSR count). The molecule has 5 aromatic carbocycles. The third-order valence-electron chi connectivity index (χ3n) is 13.4. The van der Waals surface area contributed by atoms with Crippen LogP contribution < -0.4 is 35.7 Å². The number of fused-ring (bicyclic) bond motifs is 7. The molecule has 0 saturated heterocycles. The summed E-state index contributed by atoms with van der Waals surface area (Å²) in [5.41, 5.74) is 20.6. The van der Waals surface area contributed by atoms with E-state index in [9.17, 15) is 0 Å². The van der Waals surface area contributed by atoms with Crippen LogP contribution >= 0.6 is 11.3 Å². The fourth-order valence-electron chi connectivity index (χ4n) is 10.0. The van der Waals surface area contributed by atoms with E-state index in [1.165, 1.54) is 104 Å². The van der Waals surface area contributed by atoms with Crippen LogP contribution in [-0.2, 0) is 21.7 Å². The molecule has 4 nitrogen and oxygen atoms in total. The van der Waals surface area contributed by atoms with Crippen LogP contribution in [0.5, 0.6) is 11.5 Å². The molecule has 6 heteroatoms. The molecule has 316 valence electrons. The molecule has 6 aromatic rings. The Morgan fingerprint density at radius 2 is 0.951 bits per heavy atom. The number of hydrogen-bond donors (Lipinski definition) is 0. The van der Waals surface area contributed by atoms with E-state index in [-0.39, 0.29) is 28.4 Å². The normalized spacial score (nSPS) is 15.2. The molecule has 0 N–H and O–H groups in total. The highest BCUT2D eigenvalue weighted by molar-refractivity contribution is 7.26. The Balaban J connectivity index is 1.47. The van der Waals surface area contributed by atoms with Gasteiger partial charge in [0.25, 0.3) is 6.71 Å². The van der Waals surface area contributed by atoms with Crippen LogP contribution in [-0.4, -0.2) is 19.9 Å². The van der Waals surface area contributed by atoms with Crippen molar-refractivity contribution in [2.45, 2.75) is 139 Å². The molecule has 4 heterocycles. The van der Waals surface area contributed by atoms with Crippen LogP contribution in [0, 0.1) is 27.7 Å². The molecular weight excluding hydrogens is 763 g/mol. The first-order valence-corrected chi connectivity index (χ1v) is 23.3. The van der Waals surface area contributed by atoms with E-state index < -0.39 is 0 Å². The number of aryl methyl sites for hydroxylation is 4. The van der Waals surface area contributed by atoms with Gasteiger partial charge in [0.1, 0.15) is 0 Å². The Morgan fingerprint density at radius 1 is 0.492 bits per heavy atom. The molecule has 1 aromatic heterocycles. The van der Waals surface area contributed by atoms with Crippen LogP contribution in [0.4, 0.5) is 33.4 Å². The largest absolute Gasteiger partial charge is 0.490 e. The van der Waals surface area contributed by atoms with E-state index in [0.717, 1.165) is 17.9 Å². The number of hydrogen-bond acceptors (Lipinski definition) is 5. The van der Waals surface area contributed by atoms with Crippen LogP contribution in [0.25, 0.3) is 10.1 Å². The molecule has 0 fully saturated rings. The van der Waals surface area contributed by atoms with Gasteiger partial charge in [-0.15, -0.1) is 11.3 Å². The van der Waals surface area contributed by atoms with Gasteiger partial charge < -0.3 is 19.3 Å². The summed E-state index contributed by atoms with van der Waals surface area (Å²) in [5.74, 6) is 1.67. The van der Waals surface area contributed by atoms with Gasteiger partial charge in [-0.2, -0.15) is 0 Å². The average Bonchev–Trinajstić information content (AvgIpc) is 3.36. The molecule has 0 spiro atoms. The van der Waals surface area contributed by atoms with Crippen LogP contribution in [0.15, 0.2) is 66.7 Å².